The van der Waals surface area contributed by atoms with Gasteiger partial charge in [-0.1, -0.05) is 42.0 Å². The lowest BCUT2D eigenvalue weighted by Gasteiger charge is -2.14. The number of sulfonamides is 1. The average Bonchev–Trinajstić information content (AvgIpc) is 2.66. The van der Waals surface area contributed by atoms with Crippen LogP contribution >= 0.6 is 0 Å². The average molecular weight is 408 g/mol. The van der Waals surface area contributed by atoms with Gasteiger partial charge in [-0.25, -0.2) is 12.8 Å². The molecule has 1 amide bonds. The first-order chi connectivity index (χ1) is 13.2. The molecule has 0 saturated carbocycles. The Balaban J connectivity index is 1.82. The van der Waals surface area contributed by atoms with Crippen LogP contribution in [0.1, 0.15) is 18.1 Å². The Kier molecular flexibility index (Phi) is 7.24. The number of halogens is 1. The predicted molar refractivity (Wildman–Crippen MR) is 100 cm³/mol. The van der Waals surface area contributed by atoms with Crippen molar-refractivity contribution in [3.05, 3.63) is 65.5 Å². The highest BCUT2D eigenvalue weighted by molar-refractivity contribution is 7.89. The van der Waals surface area contributed by atoms with E-state index in [0.717, 1.165) is 23.3 Å². The lowest BCUT2D eigenvalue weighted by atomic mass is 10.1. The van der Waals surface area contributed by atoms with Crippen molar-refractivity contribution < 1.29 is 27.1 Å². The number of esters is 1. The molecule has 0 bridgehead atoms. The van der Waals surface area contributed by atoms with Crippen LogP contribution in [0.4, 0.5) is 4.39 Å². The van der Waals surface area contributed by atoms with Crippen LogP contribution in [0, 0.1) is 12.7 Å². The quantitative estimate of drug-likeness (QED) is 0.647. The molecule has 28 heavy (non-hydrogen) atoms. The van der Waals surface area contributed by atoms with E-state index in [4.69, 9.17) is 4.74 Å². The Hall–Kier alpha value is -2.78. The number of ether oxygens (including phenoxy) is 1. The summed E-state index contributed by atoms with van der Waals surface area (Å²) in [7, 11) is -4.22. The normalized spacial score (nSPS) is 12.2. The zero-order valence-electron chi connectivity index (χ0n) is 15.4. The number of nitrogens with one attached hydrogen (secondary N) is 2. The fourth-order valence-corrected chi connectivity index (χ4v) is 3.27. The monoisotopic (exact) mass is 408 g/mol. The summed E-state index contributed by atoms with van der Waals surface area (Å²) in [6, 6.07) is 12.3. The van der Waals surface area contributed by atoms with Gasteiger partial charge in [0.25, 0.3) is 5.91 Å². The van der Waals surface area contributed by atoms with Crippen LogP contribution < -0.4 is 10.0 Å². The van der Waals surface area contributed by atoms with Crippen LogP contribution in [0.2, 0.25) is 0 Å². The van der Waals surface area contributed by atoms with Gasteiger partial charge in [-0.2, -0.15) is 4.72 Å². The summed E-state index contributed by atoms with van der Waals surface area (Å²) in [6.45, 7) is 2.85. The molecule has 0 unspecified atom stereocenters. The van der Waals surface area contributed by atoms with Crippen molar-refractivity contribution in [2.75, 3.05) is 6.54 Å². The molecule has 7 nitrogen and oxygen atoms in total. The van der Waals surface area contributed by atoms with E-state index in [-0.39, 0.29) is 6.54 Å². The molecule has 0 aliphatic carbocycles. The molecule has 1 atom stereocenters. The topological polar surface area (TPSA) is 102 Å². The molecule has 2 rings (SSSR count). The third kappa shape index (κ3) is 6.14. The second kappa shape index (κ2) is 9.43. The highest BCUT2D eigenvalue weighted by atomic mass is 32.2. The van der Waals surface area contributed by atoms with E-state index < -0.39 is 45.3 Å². The van der Waals surface area contributed by atoms with Crippen molar-refractivity contribution in [3.8, 4) is 0 Å². The number of aryl methyl sites for hydroxylation is 1. The summed E-state index contributed by atoms with van der Waals surface area (Å²) < 4.78 is 44.5. The lowest BCUT2D eigenvalue weighted by Crippen LogP contribution is -2.38. The molecular weight excluding hydrogens is 387 g/mol. The van der Waals surface area contributed by atoms with Crippen LogP contribution in [-0.2, 0) is 30.9 Å². The van der Waals surface area contributed by atoms with Gasteiger partial charge < -0.3 is 10.1 Å². The molecular formula is C19H21FN2O5S. The third-order valence-corrected chi connectivity index (χ3v) is 5.23. The lowest BCUT2D eigenvalue weighted by molar-refractivity contribution is -0.153. The number of benzene rings is 2. The Labute approximate surface area is 163 Å². The van der Waals surface area contributed by atoms with Crippen molar-refractivity contribution >= 4 is 21.9 Å². The van der Waals surface area contributed by atoms with Gasteiger partial charge in [0.1, 0.15) is 17.3 Å². The van der Waals surface area contributed by atoms with Gasteiger partial charge in [-0.05, 0) is 31.5 Å². The predicted octanol–water partition coefficient (Wildman–Crippen LogP) is 1.66. The standard InChI is InChI=1S/C19H21FN2O5S/c1-13-7-9-15(10-8-13)11-21-19(24)14(2)27-18(23)12-22-28(25,26)17-6-4-3-5-16(17)20/h3-10,14,22H,11-12H2,1-2H3,(H,21,24)/t14-/m0/s1. The highest BCUT2D eigenvalue weighted by Gasteiger charge is 2.22. The highest BCUT2D eigenvalue weighted by Crippen LogP contribution is 2.12. The molecule has 2 N–H and O–H groups in total. The summed E-state index contributed by atoms with van der Waals surface area (Å²) in [5.41, 5.74) is 1.98. The van der Waals surface area contributed by atoms with Crippen molar-refractivity contribution in [1.29, 1.82) is 0 Å². The molecule has 150 valence electrons. The first-order valence-electron chi connectivity index (χ1n) is 8.46. The summed E-state index contributed by atoms with van der Waals surface area (Å²) in [6.07, 6.45) is -1.11. The summed E-state index contributed by atoms with van der Waals surface area (Å²) in [5, 5.41) is 2.62. The largest absolute Gasteiger partial charge is 0.452 e. The van der Waals surface area contributed by atoms with Gasteiger partial charge >= 0.3 is 5.97 Å². The van der Waals surface area contributed by atoms with Crippen molar-refractivity contribution in [1.82, 2.24) is 10.0 Å². The second-order valence-corrected chi connectivity index (χ2v) is 7.83. The van der Waals surface area contributed by atoms with E-state index in [1.165, 1.54) is 19.1 Å². The summed E-state index contributed by atoms with van der Waals surface area (Å²) in [5.74, 6) is -2.42. The van der Waals surface area contributed by atoms with Crippen LogP contribution in [0.5, 0.6) is 0 Å². The molecule has 0 saturated heterocycles. The maximum Gasteiger partial charge on any atom is 0.321 e. The zero-order valence-corrected chi connectivity index (χ0v) is 16.3. The molecule has 9 heteroatoms. The molecule has 0 aliphatic rings. The minimum absolute atomic E-state index is 0.265. The van der Waals surface area contributed by atoms with Crippen LogP contribution in [0.15, 0.2) is 53.4 Å². The smallest absolute Gasteiger partial charge is 0.321 e. The van der Waals surface area contributed by atoms with Crippen LogP contribution in [0.3, 0.4) is 0 Å². The maximum atomic E-state index is 13.6. The Morgan fingerprint density at radius 2 is 1.75 bits per heavy atom. The first-order valence-corrected chi connectivity index (χ1v) is 9.94. The molecule has 0 aliphatic heterocycles. The molecule has 0 radical (unpaired) electrons. The van der Waals surface area contributed by atoms with Gasteiger partial charge in [-0.15, -0.1) is 0 Å². The fourth-order valence-electron chi connectivity index (χ4n) is 2.23. The van der Waals surface area contributed by atoms with Crippen LogP contribution in [-0.4, -0.2) is 32.9 Å². The van der Waals surface area contributed by atoms with Gasteiger partial charge in [0.15, 0.2) is 6.10 Å². The first kappa shape index (κ1) is 21.5. The number of carbonyl (C=O) groups is 2. The zero-order chi connectivity index (χ0) is 20.7. The Morgan fingerprint density at radius 1 is 1.11 bits per heavy atom. The van der Waals surface area contributed by atoms with Gasteiger partial charge in [0, 0.05) is 6.54 Å². The third-order valence-electron chi connectivity index (χ3n) is 3.80. The van der Waals surface area contributed by atoms with E-state index in [0.29, 0.717) is 0 Å². The molecule has 0 heterocycles. The van der Waals surface area contributed by atoms with Gasteiger partial charge in [0.05, 0.1) is 0 Å². The molecule has 2 aromatic rings. The number of amides is 1. The number of hydrogen-bond donors (Lipinski definition) is 2. The van der Waals surface area contributed by atoms with E-state index in [1.807, 2.05) is 35.9 Å². The second-order valence-electron chi connectivity index (χ2n) is 6.09. The maximum absolute atomic E-state index is 13.6. The molecule has 0 spiro atoms. The van der Waals surface area contributed by atoms with Crippen molar-refractivity contribution in [2.45, 2.75) is 31.4 Å². The fraction of sp³-hybridized carbons (Fsp3) is 0.263. The molecule has 2 aromatic carbocycles. The van der Waals surface area contributed by atoms with E-state index >= 15 is 0 Å². The Morgan fingerprint density at radius 3 is 2.39 bits per heavy atom. The number of hydrogen-bond acceptors (Lipinski definition) is 5. The minimum Gasteiger partial charge on any atom is -0.452 e. The number of rotatable bonds is 8. The molecule has 0 fully saturated rings. The van der Waals surface area contributed by atoms with Crippen molar-refractivity contribution in [2.24, 2.45) is 0 Å². The Bertz CT molecular complexity index is 945. The summed E-state index contributed by atoms with van der Waals surface area (Å²) >= 11 is 0. The van der Waals surface area contributed by atoms with Crippen LogP contribution in [0.25, 0.3) is 0 Å². The minimum atomic E-state index is -4.22. The molecule has 0 aromatic heterocycles. The SMILES string of the molecule is Cc1ccc(CNC(=O)[C@H](C)OC(=O)CNS(=O)(=O)c2ccccc2F)cc1. The van der Waals surface area contributed by atoms with Gasteiger partial charge in [0.2, 0.25) is 10.0 Å². The summed E-state index contributed by atoms with van der Waals surface area (Å²) in [4.78, 5) is 23.2. The van der Waals surface area contributed by atoms with Gasteiger partial charge in [-0.3, -0.25) is 9.59 Å². The van der Waals surface area contributed by atoms with E-state index in [1.54, 1.807) is 0 Å². The van der Waals surface area contributed by atoms with Crippen molar-refractivity contribution in [3.63, 3.8) is 0 Å². The van der Waals surface area contributed by atoms with E-state index in [9.17, 15) is 22.4 Å². The van der Waals surface area contributed by atoms with E-state index in [2.05, 4.69) is 5.32 Å². The number of carbonyl (C=O) groups excluding carboxylic acids is 2.